The summed E-state index contributed by atoms with van der Waals surface area (Å²) in [6.07, 6.45) is 45.9. The number of aliphatic hydroxyl groups excluding tert-OH is 1. The number of aliphatic hydroxyl groups is 1. The van der Waals surface area contributed by atoms with Gasteiger partial charge in [0.1, 0.15) is 19.3 Å². The lowest BCUT2D eigenvalue weighted by atomic mass is 9.99. The number of hydrogen-bond acceptors (Lipinski definition) is 15. The van der Waals surface area contributed by atoms with E-state index in [1.165, 1.54) is 161 Å². The SMILES string of the molecule is CCC(C)CCCCCCCCCCCCCCCCC(=O)O[C@H](COC(=O)CCCCCCCCC(C)C)COP(=O)(O)OCC(O)COP(=O)(O)OC[C@@H](COC(=O)CCCCCCCCCCC(C)C)OC(=O)CCCCCCCCCCCCC(C)CC. The largest absolute Gasteiger partial charge is 0.472 e. The zero-order valence-electron chi connectivity index (χ0n) is 60.2. The van der Waals surface area contributed by atoms with E-state index in [1.54, 1.807) is 0 Å². The molecule has 0 aliphatic rings. The molecule has 3 N–H and O–H groups in total. The maximum Gasteiger partial charge on any atom is 0.472 e. The first-order valence-electron chi connectivity index (χ1n) is 37.8. The molecule has 0 aliphatic carbocycles. The maximum absolute atomic E-state index is 13.0. The lowest BCUT2D eigenvalue weighted by molar-refractivity contribution is -0.161. The Morgan fingerprint density at radius 2 is 0.522 bits per heavy atom. The quantitative estimate of drug-likeness (QED) is 0.0222. The highest BCUT2D eigenvalue weighted by Crippen LogP contribution is 2.45. The van der Waals surface area contributed by atoms with Gasteiger partial charge < -0.3 is 33.8 Å². The lowest BCUT2D eigenvalue weighted by Gasteiger charge is -2.21. The minimum Gasteiger partial charge on any atom is -0.462 e. The van der Waals surface area contributed by atoms with Gasteiger partial charge >= 0.3 is 39.5 Å². The molecule has 0 aliphatic heterocycles. The number of ether oxygens (including phenoxy) is 4. The van der Waals surface area contributed by atoms with Gasteiger partial charge in [0, 0.05) is 25.7 Å². The van der Waals surface area contributed by atoms with Gasteiger partial charge in [-0.2, -0.15) is 0 Å². The average molecular weight is 1350 g/mol. The molecule has 0 aromatic heterocycles. The van der Waals surface area contributed by atoms with Crippen molar-refractivity contribution in [1.29, 1.82) is 0 Å². The number of unbranched alkanes of at least 4 members (excludes halogenated alkanes) is 34. The van der Waals surface area contributed by atoms with E-state index in [4.69, 9.17) is 37.0 Å². The highest BCUT2D eigenvalue weighted by molar-refractivity contribution is 7.47. The normalized spacial score (nSPS) is 14.8. The summed E-state index contributed by atoms with van der Waals surface area (Å²) in [6, 6.07) is 0. The van der Waals surface area contributed by atoms with Crippen LogP contribution in [0.1, 0.15) is 364 Å². The molecule has 7 atom stereocenters. The van der Waals surface area contributed by atoms with Crippen LogP contribution in [-0.2, 0) is 65.4 Å². The molecule has 0 fully saturated rings. The molecular formula is C73H142O17P2. The van der Waals surface area contributed by atoms with Crippen LogP contribution < -0.4 is 0 Å². The fourth-order valence-corrected chi connectivity index (χ4v) is 12.5. The van der Waals surface area contributed by atoms with Crippen LogP contribution in [0.2, 0.25) is 0 Å². The first kappa shape index (κ1) is 90.1. The molecule has 19 heteroatoms. The Morgan fingerprint density at radius 1 is 0.304 bits per heavy atom. The van der Waals surface area contributed by atoms with E-state index in [-0.39, 0.29) is 25.7 Å². The summed E-state index contributed by atoms with van der Waals surface area (Å²) in [6.45, 7) is 14.1. The third kappa shape index (κ3) is 64.1. The smallest absolute Gasteiger partial charge is 0.462 e. The van der Waals surface area contributed by atoms with Crippen LogP contribution in [0, 0.1) is 23.7 Å². The molecule has 0 heterocycles. The van der Waals surface area contributed by atoms with Crippen molar-refractivity contribution < 1.29 is 80.2 Å². The summed E-state index contributed by atoms with van der Waals surface area (Å²) in [7, 11) is -9.91. The van der Waals surface area contributed by atoms with Crippen LogP contribution in [0.5, 0.6) is 0 Å². The third-order valence-corrected chi connectivity index (χ3v) is 19.4. The summed E-state index contributed by atoms with van der Waals surface area (Å²) < 4.78 is 68.4. The topological polar surface area (TPSA) is 237 Å². The Morgan fingerprint density at radius 3 is 0.772 bits per heavy atom. The highest BCUT2D eigenvalue weighted by atomic mass is 31.2. The first-order chi connectivity index (χ1) is 44.2. The number of carbonyl (C=O) groups is 4. The van der Waals surface area contributed by atoms with Crippen molar-refractivity contribution in [1.82, 2.24) is 0 Å². The predicted octanol–water partition coefficient (Wildman–Crippen LogP) is 20.9. The van der Waals surface area contributed by atoms with Gasteiger partial charge in [0.2, 0.25) is 0 Å². The monoisotopic (exact) mass is 1350 g/mol. The molecule has 0 spiro atoms. The number of hydrogen-bond donors (Lipinski definition) is 3. The molecule has 0 aromatic rings. The molecule has 0 saturated heterocycles. The van der Waals surface area contributed by atoms with Gasteiger partial charge in [-0.05, 0) is 49.4 Å². The first-order valence-corrected chi connectivity index (χ1v) is 40.8. The molecule has 546 valence electrons. The molecule has 0 bridgehead atoms. The molecule has 0 amide bonds. The van der Waals surface area contributed by atoms with Crippen molar-refractivity contribution in [2.24, 2.45) is 23.7 Å². The molecule has 0 rings (SSSR count). The molecule has 17 nitrogen and oxygen atoms in total. The van der Waals surface area contributed by atoms with Crippen LogP contribution in [-0.4, -0.2) is 96.7 Å². The van der Waals surface area contributed by atoms with Gasteiger partial charge in [-0.1, -0.05) is 312 Å². The number of esters is 4. The Labute approximate surface area is 562 Å². The van der Waals surface area contributed by atoms with Crippen molar-refractivity contribution in [3.8, 4) is 0 Å². The second-order valence-electron chi connectivity index (χ2n) is 27.8. The van der Waals surface area contributed by atoms with E-state index in [0.29, 0.717) is 31.6 Å². The van der Waals surface area contributed by atoms with E-state index >= 15 is 0 Å². The van der Waals surface area contributed by atoms with Crippen molar-refractivity contribution >= 4 is 39.5 Å². The number of phosphoric acid groups is 2. The van der Waals surface area contributed by atoms with Crippen molar-refractivity contribution in [2.75, 3.05) is 39.6 Å². The second-order valence-corrected chi connectivity index (χ2v) is 30.7. The van der Waals surface area contributed by atoms with Crippen LogP contribution in [0.25, 0.3) is 0 Å². The van der Waals surface area contributed by atoms with Crippen molar-refractivity contribution in [3.63, 3.8) is 0 Å². The molecule has 92 heavy (non-hydrogen) atoms. The van der Waals surface area contributed by atoms with Gasteiger partial charge in [-0.15, -0.1) is 0 Å². The number of rotatable bonds is 70. The summed E-state index contributed by atoms with van der Waals surface area (Å²) in [5.41, 5.74) is 0. The fraction of sp³-hybridized carbons (Fsp3) is 0.945. The summed E-state index contributed by atoms with van der Waals surface area (Å²) in [5.74, 6) is 0.927. The van der Waals surface area contributed by atoms with Crippen LogP contribution in [0.4, 0.5) is 0 Å². The standard InChI is InChI=1S/C73H142O17P2/c1-9-65(7)51-43-35-26-19-15-13-11-12-14-16-21-29-39-47-55-72(77)90-69(60-84-71(76)54-46-38-32-31-34-42-50-64(5)6)62-88-92(81,82)86-58-67(74)57-85-91(79,80)87-61-68(59-83-70(75)53-45-37-28-24-23-25-33-41-49-63(3)4)89-73(78)56-48-40-30-22-18-17-20-27-36-44-52-66(8)10-2/h63-69,74H,9-62H2,1-8H3,(H,79,80)(H,81,82)/t65?,66?,67?,68-,69-/m1/s1. The van der Waals surface area contributed by atoms with Crippen molar-refractivity contribution in [2.45, 2.75) is 382 Å². The number of carbonyl (C=O) groups excluding carboxylic acids is 4. The lowest BCUT2D eigenvalue weighted by Crippen LogP contribution is -2.30. The highest BCUT2D eigenvalue weighted by Gasteiger charge is 2.30. The van der Waals surface area contributed by atoms with E-state index < -0.39 is 97.5 Å². The fourth-order valence-electron chi connectivity index (χ4n) is 11.0. The minimum absolute atomic E-state index is 0.105. The molecule has 0 aromatic carbocycles. The Hall–Kier alpha value is -1.94. The van der Waals surface area contributed by atoms with Crippen LogP contribution >= 0.6 is 15.6 Å². The van der Waals surface area contributed by atoms with E-state index in [2.05, 4.69) is 55.4 Å². The van der Waals surface area contributed by atoms with Crippen LogP contribution in [0.3, 0.4) is 0 Å². The second kappa shape index (κ2) is 62.6. The number of phosphoric ester groups is 2. The molecule has 0 saturated carbocycles. The summed E-state index contributed by atoms with van der Waals surface area (Å²) in [5, 5.41) is 10.6. The van der Waals surface area contributed by atoms with Crippen LogP contribution in [0.15, 0.2) is 0 Å². The Balaban J connectivity index is 5.22. The minimum atomic E-state index is -4.95. The van der Waals surface area contributed by atoms with Gasteiger partial charge in [0.15, 0.2) is 12.2 Å². The Bertz CT molecular complexity index is 1820. The summed E-state index contributed by atoms with van der Waals surface area (Å²) >= 11 is 0. The van der Waals surface area contributed by atoms with E-state index in [1.807, 2.05) is 0 Å². The van der Waals surface area contributed by atoms with Gasteiger partial charge in [0.25, 0.3) is 0 Å². The predicted molar refractivity (Wildman–Crippen MR) is 372 cm³/mol. The zero-order valence-corrected chi connectivity index (χ0v) is 62.0. The van der Waals surface area contributed by atoms with Gasteiger partial charge in [0.05, 0.1) is 26.4 Å². The Kier molecular flexibility index (Phi) is 61.3. The molecular weight excluding hydrogens is 1210 g/mol. The third-order valence-electron chi connectivity index (χ3n) is 17.5. The van der Waals surface area contributed by atoms with Gasteiger partial charge in [-0.25, -0.2) is 9.13 Å². The molecule has 5 unspecified atom stereocenters. The summed E-state index contributed by atoms with van der Waals surface area (Å²) in [4.78, 5) is 72.6. The van der Waals surface area contributed by atoms with E-state index in [9.17, 15) is 43.2 Å². The van der Waals surface area contributed by atoms with Crippen molar-refractivity contribution in [3.05, 3.63) is 0 Å². The molecule has 0 radical (unpaired) electrons. The maximum atomic E-state index is 13.0. The average Bonchev–Trinajstić information content (AvgIpc) is 3.02. The zero-order chi connectivity index (χ0) is 68.2. The van der Waals surface area contributed by atoms with E-state index in [0.717, 1.165) is 114 Å². The van der Waals surface area contributed by atoms with Gasteiger partial charge in [-0.3, -0.25) is 37.3 Å².